The maximum atomic E-state index is 14.7. The van der Waals surface area contributed by atoms with Gasteiger partial charge in [-0.15, -0.1) is 0 Å². The van der Waals surface area contributed by atoms with E-state index in [2.05, 4.69) is 26.0 Å². The van der Waals surface area contributed by atoms with Gasteiger partial charge >= 0.3 is 0 Å². The van der Waals surface area contributed by atoms with Crippen molar-refractivity contribution in [3.63, 3.8) is 0 Å². The van der Waals surface area contributed by atoms with E-state index < -0.39 is 0 Å². The molecule has 136 valence electrons. The van der Waals surface area contributed by atoms with Gasteiger partial charge in [0.15, 0.2) is 0 Å². The average Bonchev–Trinajstić information content (AvgIpc) is 3.28. The Balaban J connectivity index is 1.49. The first-order chi connectivity index (χ1) is 13.7. The van der Waals surface area contributed by atoms with Gasteiger partial charge < -0.3 is 0 Å². The smallest absolute Gasteiger partial charge is 0.213 e. The number of nitrogens with zero attached hydrogens (tertiary/aromatic N) is 3. The highest BCUT2D eigenvalue weighted by molar-refractivity contribution is 9.10. The van der Waals surface area contributed by atoms with Gasteiger partial charge in [0, 0.05) is 21.2 Å². The van der Waals surface area contributed by atoms with Crippen LogP contribution in [-0.2, 0) is 0 Å². The summed E-state index contributed by atoms with van der Waals surface area (Å²) in [5.74, 6) is -0.257. The third kappa shape index (κ3) is 3.15. The molecule has 0 spiro atoms. The number of aromatic nitrogens is 3. The lowest BCUT2D eigenvalue weighted by atomic mass is 10.0. The predicted molar refractivity (Wildman–Crippen MR) is 115 cm³/mol. The molecule has 28 heavy (non-hydrogen) atoms. The maximum Gasteiger partial charge on any atom is 0.213 e. The van der Waals surface area contributed by atoms with Crippen molar-refractivity contribution < 1.29 is 4.39 Å². The fourth-order valence-electron chi connectivity index (χ4n) is 3.08. The van der Waals surface area contributed by atoms with E-state index in [9.17, 15) is 4.39 Å². The zero-order valence-corrected chi connectivity index (χ0v) is 16.9. The lowest BCUT2D eigenvalue weighted by Crippen LogP contribution is -1.87. The third-order valence-electron chi connectivity index (χ3n) is 4.48. The Hall–Kier alpha value is -2.83. The Morgan fingerprint density at radius 2 is 1.61 bits per heavy atom. The van der Waals surface area contributed by atoms with Gasteiger partial charge in [0.25, 0.3) is 0 Å². The molecule has 0 saturated carbocycles. The molecule has 0 atom stereocenters. The number of halogens is 2. The fourth-order valence-corrected chi connectivity index (χ4v) is 4.22. The van der Waals surface area contributed by atoms with Crippen molar-refractivity contribution in [1.82, 2.24) is 14.6 Å². The number of fused-ring (bicyclic) bond motifs is 1. The minimum absolute atomic E-state index is 0.257. The fraction of sp³-hybridized carbons (Fsp3) is 0. The molecule has 0 radical (unpaired) electrons. The van der Waals surface area contributed by atoms with Crippen LogP contribution in [0.1, 0.15) is 0 Å². The van der Waals surface area contributed by atoms with Crippen molar-refractivity contribution in [1.29, 1.82) is 0 Å². The number of benzene rings is 3. The van der Waals surface area contributed by atoms with Crippen LogP contribution < -0.4 is 0 Å². The molecule has 0 aliphatic heterocycles. The molecule has 0 aliphatic carbocycles. The van der Waals surface area contributed by atoms with Crippen molar-refractivity contribution in [3.05, 3.63) is 89.3 Å². The van der Waals surface area contributed by atoms with E-state index in [1.54, 1.807) is 10.6 Å². The van der Waals surface area contributed by atoms with Gasteiger partial charge in [-0.3, -0.25) is 0 Å². The van der Waals surface area contributed by atoms with Crippen molar-refractivity contribution in [2.75, 3.05) is 0 Å². The van der Waals surface area contributed by atoms with E-state index in [0.29, 0.717) is 5.56 Å². The van der Waals surface area contributed by atoms with E-state index in [0.717, 1.165) is 36.8 Å². The molecule has 5 rings (SSSR count). The van der Waals surface area contributed by atoms with Crippen LogP contribution in [-0.4, -0.2) is 14.6 Å². The molecule has 0 amide bonds. The molecule has 2 aromatic heterocycles. The summed E-state index contributed by atoms with van der Waals surface area (Å²) in [6, 6.07) is 22.8. The summed E-state index contributed by atoms with van der Waals surface area (Å²) < 4.78 is 17.4. The molecule has 2 heterocycles. The Bertz CT molecular complexity index is 1250. The molecule has 5 aromatic rings. The first-order valence-corrected chi connectivity index (χ1v) is 10.3. The predicted octanol–water partition coefficient (Wildman–Crippen LogP) is 6.69. The van der Waals surface area contributed by atoms with Gasteiger partial charge in [0.05, 0.1) is 11.9 Å². The van der Waals surface area contributed by atoms with Gasteiger partial charge in [0.1, 0.15) is 10.8 Å². The van der Waals surface area contributed by atoms with Crippen molar-refractivity contribution in [2.24, 2.45) is 0 Å². The molecular weight excluding hydrogens is 437 g/mol. The second-order valence-electron chi connectivity index (χ2n) is 6.33. The molecule has 3 aromatic carbocycles. The van der Waals surface area contributed by atoms with E-state index in [-0.39, 0.29) is 5.82 Å². The summed E-state index contributed by atoms with van der Waals surface area (Å²) in [7, 11) is 0. The highest BCUT2D eigenvalue weighted by Gasteiger charge is 2.13. The minimum Gasteiger partial charge on any atom is -0.217 e. The number of hydrogen-bond donors (Lipinski definition) is 0. The SMILES string of the molecule is Fc1cc(-c2nn3cc(-c4ccc(Br)cc4)nc3s2)ccc1-c1ccccc1. The van der Waals surface area contributed by atoms with E-state index in [4.69, 9.17) is 0 Å². The van der Waals surface area contributed by atoms with Crippen LogP contribution >= 0.6 is 27.3 Å². The lowest BCUT2D eigenvalue weighted by Gasteiger charge is -2.04. The second kappa shape index (κ2) is 6.96. The lowest BCUT2D eigenvalue weighted by molar-refractivity contribution is 0.632. The van der Waals surface area contributed by atoms with Crippen LogP contribution in [0.3, 0.4) is 0 Å². The second-order valence-corrected chi connectivity index (χ2v) is 8.20. The zero-order valence-electron chi connectivity index (χ0n) is 14.5. The first kappa shape index (κ1) is 17.3. The van der Waals surface area contributed by atoms with E-state index in [1.165, 1.54) is 17.4 Å². The summed E-state index contributed by atoms with van der Waals surface area (Å²) in [5, 5.41) is 5.33. The van der Waals surface area contributed by atoms with Gasteiger partial charge in [-0.1, -0.05) is 81.9 Å². The summed E-state index contributed by atoms with van der Waals surface area (Å²) in [4.78, 5) is 5.43. The van der Waals surface area contributed by atoms with E-state index >= 15 is 0 Å². The summed E-state index contributed by atoms with van der Waals surface area (Å²) in [6.45, 7) is 0. The van der Waals surface area contributed by atoms with Crippen LogP contribution in [0, 0.1) is 5.82 Å². The van der Waals surface area contributed by atoms with Crippen LogP contribution in [0.2, 0.25) is 0 Å². The molecule has 6 heteroatoms. The summed E-state index contributed by atoms with van der Waals surface area (Å²) in [6.07, 6.45) is 1.90. The third-order valence-corrected chi connectivity index (χ3v) is 5.98. The Morgan fingerprint density at radius 3 is 2.32 bits per heavy atom. The number of hydrogen-bond acceptors (Lipinski definition) is 3. The van der Waals surface area contributed by atoms with Gasteiger partial charge in [-0.25, -0.2) is 13.9 Å². The van der Waals surface area contributed by atoms with Gasteiger partial charge in [0.2, 0.25) is 4.96 Å². The Morgan fingerprint density at radius 1 is 0.857 bits per heavy atom. The minimum atomic E-state index is -0.257. The normalized spacial score (nSPS) is 11.2. The first-order valence-electron chi connectivity index (χ1n) is 8.65. The molecule has 3 nitrogen and oxygen atoms in total. The van der Waals surface area contributed by atoms with Crippen LogP contribution in [0.25, 0.3) is 37.9 Å². The maximum absolute atomic E-state index is 14.7. The molecule has 0 fully saturated rings. The van der Waals surface area contributed by atoms with Gasteiger partial charge in [-0.2, -0.15) is 5.10 Å². The standard InChI is InChI=1S/C22H13BrFN3S/c23-17-9-6-15(7-10-17)20-13-27-22(25-20)28-21(26-27)16-8-11-18(19(24)12-16)14-4-2-1-3-5-14/h1-13H. The number of imidazole rings is 1. The summed E-state index contributed by atoms with van der Waals surface area (Å²) in [5.41, 5.74) is 4.09. The van der Waals surface area contributed by atoms with E-state index in [1.807, 2.05) is 66.9 Å². The van der Waals surface area contributed by atoms with Crippen molar-refractivity contribution >= 4 is 32.2 Å². The van der Waals surface area contributed by atoms with Crippen LogP contribution in [0.15, 0.2) is 83.5 Å². The molecule has 0 N–H and O–H groups in total. The Labute approximate surface area is 173 Å². The van der Waals surface area contributed by atoms with Crippen molar-refractivity contribution in [3.8, 4) is 33.0 Å². The summed E-state index contributed by atoms with van der Waals surface area (Å²) >= 11 is 4.88. The topological polar surface area (TPSA) is 30.2 Å². The largest absolute Gasteiger partial charge is 0.217 e. The average molecular weight is 450 g/mol. The van der Waals surface area contributed by atoms with Gasteiger partial charge in [-0.05, 0) is 23.8 Å². The molecule has 0 saturated heterocycles. The number of rotatable bonds is 3. The molecule has 0 unspecified atom stereocenters. The van der Waals surface area contributed by atoms with Crippen LogP contribution in [0.5, 0.6) is 0 Å². The molecule has 0 aliphatic rings. The quantitative estimate of drug-likeness (QED) is 0.307. The highest BCUT2D eigenvalue weighted by atomic mass is 79.9. The molecular formula is C22H13BrFN3S. The highest BCUT2D eigenvalue weighted by Crippen LogP contribution is 2.31. The zero-order chi connectivity index (χ0) is 19.1. The Kier molecular flexibility index (Phi) is 4.30. The van der Waals surface area contributed by atoms with Crippen molar-refractivity contribution in [2.45, 2.75) is 0 Å². The monoisotopic (exact) mass is 449 g/mol. The van der Waals surface area contributed by atoms with Crippen LogP contribution in [0.4, 0.5) is 4.39 Å². The molecule has 0 bridgehead atoms.